The maximum Gasteiger partial charge on any atom is 0.223 e. The largest absolute Gasteiger partial charge is 0.493 e. The van der Waals surface area contributed by atoms with Crippen LogP contribution in [-0.2, 0) is 4.79 Å². The van der Waals surface area contributed by atoms with Gasteiger partial charge < -0.3 is 19.9 Å². The van der Waals surface area contributed by atoms with E-state index in [-0.39, 0.29) is 35.7 Å². The number of nitrogens with one attached hydrogen (secondary N) is 1. The van der Waals surface area contributed by atoms with Crippen LogP contribution in [0, 0.1) is 17.7 Å². The first-order chi connectivity index (χ1) is 12.8. The fraction of sp³-hybridized carbons (Fsp3) is 0.667. The molecule has 27 heavy (non-hydrogen) atoms. The fourth-order valence-corrected chi connectivity index (χ4v) is 4.08. The summed E-state index contributed by atoms with van der Waals surface area (Å²) in [6.45, 7) is 3.69. The third-order valence-electron chi connectivity index (χ3n) is 5.96. The van der Waals surface area contributed by atoms with E-state index in [2.05, 4.69) is 5.32 Å². The molecule has 2 saturated carbocycles. The minimum atomic E-state index is -0.669. The van der Waals surface area contributed by atoms with Crippen LogP contribution >= 0.6 is 0 Å². The van der Waals surface area contributed by atoms with Crippen LogP contribution in [0.4, 0.5) is 4.39 Å². The summed E-state index contributed by atoms with van der Waals surface area (Å²) in [6.07, 6.45) is 4.81. The van der Waals surface area contributed by atoms with Crippen LogP contribution in [-0.4, -0.2) is 35.9 Å². The van der Waals surface area contributed by atoms with E-state index < -0.39 is 5.60 Å². The van der Waals surface area contributed by atoms with Crippen molar-refractivity contribution in [3.8, 4) is 11.5 Å². The topological polar surface area (TPSA) is 67.8 Å². The van der Waals surface area contributed by atoms with Crippen LogP contribution in [0.15, 0.2) is 18.2 Å². The lowest BCUT2D eigenvalue weighted by atomic mass is 9.74. The monoisotopic (exact) mass is 379 g/mol. The predicted octanol–water partition coefficient (Wildman–Crippen LogP) is 3.44. The quantitative estimate of drug-likeness (QED) is 0.795. The van der Waals surface area contributed by atoms with Crippen molar-refractivity contribution in [2.45, 2.75) is 70.1 Å². The van der Waals surface area contributed by atoms with E-state index in [0.717, 1.165) is 25.7 Å². The lowest BCUT2D eigenvalue weighted by molar-refractivity contribution is -0.129. The molecule has 2 aliphatic carbocycles. The molecule has 0 bridgehead atoms. The van der Waals surface area contributed by atoms with Gasteiger partial charge in [0.15, 0.2) is 11.5 Å². The molecule has 0 heterocycles. The molecule has 5 nitrogen and oxygen atoms in total. The summed E-state index contributed by atoms with van der Waals surface area (Å²) in [7, 11) is 1.52. The summed E-state index contributed by atoms with van der Waals surface area (Å²) in [5.41, 5.74) is -0.669. The molecule has 2 fully saturated rings. The summed E-state index contributed by atoms with van der Waals surface area (Å²) in [6, 6.07) is 4.31. The van der Waals surface area contributed by atoms with Crippen LogP contribution in [0.1, 0.15) is 52.4 Å². The third kappa shape index (κ3) is 4.92. The van der Waals surface area contributed by atoms with Crippen molar-refractivity contribution in [2.24, 2.45) is 11.8 Å². The second kappa shape index (κ2) is 8.05. The lowest BCUT2D eigenvalue weighted by Crippen LogP contribution is -2.51. The number of carbonyl (C=O) groups is 1. The Balaban J connectivity index is 1.42. The van der Waals surface area contributed by atoms with E-state index in [1.54, 1.807) is 6.07 Å². The second-order valence-electron chi connectivity index (χ2n) is 8.41. The van der Waals surface area contributed by atoms with Gasteiger partial charge in [-0.1, -0.05) is 0 Å². The Bertz CT molecular complexity index is 659. The molecule has 0 saturated heterocycles. The van der Waals surface area contributed by atoms with Crippen LogP contribution in [0.3, 0.4) is 0 Å². The highest BCUT2D eigenvalue weighted by molar-refractivity contribution is 5.79. The zero-order valence-electron chi connectivity index (χ0n) is 16.3. The number of halogens is 1. The van der Waals surface area contributed by atoms with Gasteiger partial charge in [0.1, 0.15) is 11.9 Å². The molecule has 2 N–H and O–H groups in total. The maximum absolute atomic E-state index is 13.4. The van der Waals surface area contributed by atoms with E-state index in [0.29, 0.717) is 24.3 Å². The first kappa shape index (κ1) is 19.9. The van der Waals surface area contributed by atoms with Gasteiger partial charge in [-0.2, -0.15) is 0 Å². The standard InChI is InChI=1S/C21H30FNO4/c1-21(2,25)14-6-4-13(5-7-14)20(24)23-16-11-17(12-16)27-19-10-15(22)8-9-18(19)26-3/h8-10,13-14,16-17,25H,4-7,11-12H2,1-3H3,(H,23,24). The van der Waals surface area contributed by atoms with Crippen molar-refractivity contribution in [1.82, 2.24) is 5.32 Å². The average molecular weight is 379 g/mol. The summed E-state index contributed by atoms with van der Waals surface area (Å²) in [5, 5.41) is 13.2. The van der Waals surface area contributed by atoms with E-state index in [1.807, 2.05) is 13.8 Å². The Morgan fingerprint density at radius 3 is 2.44 bits per heavy atom. The number of ether oxygens (including phenoxy) is 2. The normalized spacial score (nSPS) is 28.2. The molecule has 0 aliphatic heterocycles. The van der Waals surface area contributed by atoms with E-state index in [1.165, 1.54) is 19.2 Å². The van der Waals surface area contributed by atoms with Crippen LogP contribution in [0.25, 0.3) is 0 Å². The van der Waals surface area contributed by atoms with Crippen LogP contribution in [0.2, 0.25) is 0 Å². The second-order valence-corrected chi connectivity index (χ2v) is 8.41. The van der Waals surface area contributed by atoms with Crippen LogP contribution in [0.5, 0.6) is 11.5 Å². The number of rotatable bonds is 6. The Kier molecular flexibility index (Phi) is 5.94. The van der Waals surface area contributed by atoms with Gasteiger partial charge >= 0.3 is 0 Å². The molecule has 3 rings (SSSR count). The molecule has 0 atom stereocenters. The number of benzene rings is 1. The van der Waals surface area contributed by atoms with Crippen molar-refractivity contribution in [3.05, 3.63) is 24.0 Å². The predicted molar refractivity (Wildman–Crippen MR) is 100 cm³/mol. The van der Waals surface area contributed by atoms with Gasteiger partial charge in [-0.3, -0.25) is 4.79 Å². The van der Waals surface area contributed by atoms with E-state index >= 15 is 0 Å². The minimum Gasteiger partial charge on any atom is -0.493 e. The number of amides is 1. The molecule has 150 valence electrons. The molecule has 0 radical (unpaired) electrons. The Morgan fingerprint density at radius 2 is 1.85 bits per heavy atom. The highest BCUT2D eigenvalue weighted by Crippen LogP contribution is 2.36. The Labute approximate surface area is 160 Å². The fourth-order valence-electron chi connectivity index (χ4n) is 4.08. The molecule has 1 aromatic carbocycles. The molecule has 1 amide bonds. The molecule has 0 unspecified atom stereocenters. The molecule has 0 aromatic heterocycles. The van der Waals surface area contributed by atoms with Gasteiger partial charge in [-0.25, -0.2) is 4.39 Å². The number of hydrogen-bond acceptors (Lipinski definition) is 4. The van der Waals surface area contributed by atoms with Crippen molar-refractivity contribution in [1.29, 1.82) is 0 Å². The van der Waals surface area contributed by atoms with Crippen molar-refractivity contribution in [2.75, 3.05) is 7.11 Å². The summed E-state index contributed by atoms with van der Waals surface area (Å²) < 4.78 is 24.4. The Morgan fingerprint density at radius 1 is 1.19 bits per heavy atom. The Hall–Kier alpha value is -1.82. The first-order valence-electron chi connectivity index (χ1n) is 9.79. The number of carbonyl (C=O) groups excluding carboxylic acids is 1. The smallest absolute Gasteiger partial charge is 0.223 e. The summed E-state index contributed by atoms with van der Waals surface area (Å²) >= 11 is 0. The van der Waals surface area contributed by atoms with Gasteiger partial charge in [0.05, 0.1) is 12.7 Å². The van der Waals surface area contributed by atoms with Crippen LogP contribution < -0.4 is 14.8 Å². The van der Waals surface area contributed by atoms with Gasteiger partial charge in [-0.05, 0) is 57.6 Å². The van der Waals surface area contributed by atoms with Crippen molar-refractivity contribution < 1.29 is 23.8 Å². The van der Waals surface area contributed by atoms with E-state index in [9.17, 15) is 14.3 Å². The first-order valence-corrected chi connectivity index (χ1v) is 9.79. The SMILES string of the molecule is COc1ccc(F)cc1OC1CC(NC(=O)C2CCC(C(C)(C)O)CC2)C1. The molecule has 6 heteroatoms. The number of methoxy groups -OCH3 is 1. The third-order valence-corrected chi connectivity index (χ3v) is 5.96. The van der Waals surface area contributed by atoms with Crippen molar-refractivity contribution >= 4 is 5.91 Å². The van der Waals surface area contributed by atoms with Crippen molar-refractivity contribution in [3.63, 3.8) is 0 Å². The maximum atomic E-state index is 13.4. The van der Waals surface area contributed by atoms with Gasteiger partial charge in [-0.15, -0.1) is 0 Å². The number of aliphatic hydroxyl groups is 1. The highest BCUT2D eigenvalue weighted by atomic mass is 19.1. The molecule has 1 aromatic rings. The van der Waals surface area contributed by atoms with Gasteiger partial charge in [0, 0.05) is 30.9 Å². The zero-order chi connectivity index (χ0) is 19.6. The van der Waals surface area contributed by atoms with Gasteiger partial charge in [0.25, 0.3) is 0 Å². The summed E-state index contributed by atoms with van der Waals surface area (Å²) in [5.74, 6) is 0.952. The number of hydrogen-bond donors (Lipinski definition) is 2. The van der Waals surface area contributed by atoms with E-state index in [4.69, 9.17) is 9.47 Å². The molecular formula is C21H30FNO4. The minimum absolute atomic E-state index is 0.0341. The average Bonchev–Trinajstić information content (AvgIpc) is 2.59. The molecule has 2 aliphatic rings. The summed E-state index contributed by atoms with van der Waals surface area (Å²) in [4.78, 5) is 12.5. The zero-order valence-corrected chi connectivity index (χ0v) is 16.3. The lowest BCUT2D eigenvalue weighted by Gasteiger charge is -2.38. The molecule has 0 spiro atoms. The highest BCUT2D eigenvalue weighted by Gasteiger charge is 2.37. The molecular weight excluding hydrogens is 349 g/mol. The van der Waals surface area contributed by atoms with Gasteiger partial charge in [0.2, 0.25) is 5.91 Å².